The molecule has 31 heavy (non-hydrogen) atoms. The van der Waals surface area contributed by atoms with Crippen LogP contribution in [-0.2, 0) is 9.53 Å². The van der Waals surface area contributed by atoms with Gasteiger partial charge in [0.2, 0.25) is 0 Å². The summed E-state index contributed by atoms with van der Waals surface area (Å²) in [4.78, 5) is 11.7. The minimum Gasteiger partial charge on any atom is -0.458 e. The van der Waals surface area contributed by atoms with Gasteiger partial charge >= 0.3 is 5.97 Å². The number of fused-ring (bicyclic) bond motifs is 7. The lowest BCUT2D eigenvalue weighted by Gasteiger charge is -2.13. The summed E-state index contributed by atoms with van der Waals surface area (Å²) < 4.78 is 10.9. The van der Waals surface area contributed by atoms with E-state index < -0.39 is 0 Å². The van der Waals surface area contributed by atoms with E-state index in [0.29, 0.717) is 6.42 Å². The molecule has 0 radical (unpaired) electrons. The van der Waals surface area contributed by atoms with Crippen LogP contribution in [0.15, 0.2) is 66.7 Å². The Morgan fingerprint density at radius 1 is 0.806 bits per heavy atom. The molecule has 0 aliphatic rings. The number of benzene rings is 4. The fraction of sp³-hybridized carbons (Fsp3) is 0.148. The molecule has 0 amide bonds. The van der Waals surface area contributed by atoms with Crippen molar-refractivity contribution in [2.45, 2.75) is 26.4 Å². The van der Waals surface area contributed by atoms with Crippen LogP contribution in [0.4, 0.5) is 0 Å². The molecule has 2 heterocycles. The van der Waals surface area contributed by atoms with E-state index in [4.69, 9.17) is 4.74 Å². The first-order chi connectivity index (χ1) is 15.1. The van der Waals surface area contributed by atoms with Gasteiger partial charge in [0.1, 0.15) is 6.10 Å². The van der Waals surface area contributed by atoms with Crippen molar-refractivity contribution in [3.63, 3.8) is 0 Å². The van der Waals surface area contributed by atoms with E-state index in [1.165, 1.54) is 51.1 Å². The monoisotopic (exact) mass is 440 g/mol. The second kappa shape index (κ2) is 7.04. The third-order valence-corrected chi connectivity index (χ3v) is 8.50. The number of carbonyl (C=O) groups is 1. The topological polar surface area (TPSA) is 26.3 Å². The molecule has 4 aromatic carbocycles. The standard InChI is InChI=1S/C27H20O2S2/c1-3-25(28)29-15(2)16-8-9-19-12-22-24(14-20(19)10-16)31-26-21-11-17-6-4-5-7-18(17)13-23(21)30-27(22)26/h4-15H,3H2,1-2H3. The van der Waals surface area contributed by atoms with Crippen molar-refractivity contribution in [1.29, 1.82) is 0 Å². The summed E-state index contributed by atoms with van der Waals surface area (Å²) in [7, 11) is 0. The molecule has 0 aliphatic carbocycles. The summed E-state index contributed by atoms with van der Waals surface area (Å²) in [6.07, 6.45) is 0.157. The van der Waals surface area contributed by atoms with Crippen LogP contribution < -0.4 is 0 Å². The molecule has 0 saturated heterocycles. The number of hydrogen-bond acceptors (Lipinski definition) is 4. The summed E-state index contributed by atoms with van der Waals surface area (Å²) in [5.74, 6) is -0.166. The van der Waals surface area contributed by atoms with Gasteiger partial charge < -0.3 is 4.74 Å². The van der Waals surface area contributed by atoms with E-state index in [1.54, 1.807) is 0 Å². The molecule has 0 aliphatic heterocycles. The summed E-state index contributed by atoms with van der Waals surface area (Å²) in [6, 6.07) is 24.2. The lowest BCUT2D eigenvalue weighted by Crippen LogP contribution is -2.07. The minimum atomic E-state index is -0.239. The van der Waals surface area contributed by atoms with Crippen molar-refractivity contribution < 1.29 is 9.53 Å². The highest BCUT2D eigenvalue weighted by Crippen LogP contribution is 2.46. The first-order valence-electron chi connectivity index (χ1n) is 10.5. The Labute approximate surface area is 187 Å². The highest BCUT2D eigenvalue weighted by molar-refractivity contribution is 7.36. The molecule has 4 heteroatoms. The quantitative estimate of drug-likeness (QED) is 0.258. The summed E-state index contributed by atoms with van der Waals surface area (Å²) >= 11 is 3.77. The maximum atomic E-state index is 11.7. The van der Waals surface area contributed by atoms with Crippen LogP contribution in [0, 0.1) is 0 Å². The van der Waals surface area contributed by atoms with Crippen LogP contribution in [0.3, 0.4) is 0 Å². The molecule has 2 aromatic heterocycles. The Morgan fingerprint density at radius 3 is 2.03 bits per heavy atom. The van der Waals surface area contributed by atoms with E-state index >= 15 is 0 Å². The van der Waals surface area contributed by atoms with Gasteiger partial charge in [-0.25, -0.2) is 0 Å². The molecule has 2 nitrogen and oxygen atoms in total. The number of ether oxygens (including phenoxy) is 1. The smallest absolute Gasteiger partial charge is 0.306 e. The van der Waals surface area contributed by atoms with E-state index in [9.17, 15) is 4.79 Å². The van der Waals surface area contributed by atoms with E-state index in [0.717, 1.165) is 5.56 Å². The van der Waals surface area contributed by atoms with Crippen molar-refractivity contribution >= 4 is 79.8 Å². The molecule has 0 bridgehead atoms. The van der Waals surface area contributed by atoms with Crippen molar-refractivity contribution in [3.05, 3.63) is 72.3 Å². The summed E-state index contributed by atoms with van der Waals surface area (Å²) in [5, 5.41) is 7.67. The maximum absolute atomic E-state index is 11.7. The van der Waals surface area contributed by atoms with Gasteiger partial charge in [-0.3, -0.25) is 4.79 Å². The van der Waals surface area contributed by atoms with Crippen LogP contribution in [0.2, 0.25) is 0 Å². The lowest BCUT2D eigenvalue weighted by molar-refractivity contribution is -0.148. The van der Waals surface area contributed by atoms with Crippen molar-refractivity contribution in [2.75, 3.05) is 0 Å². The molecule has 1 unspecified atom stereocenters. The molecule has 6 rings (SSSR count). The molecular weight excluding hydrogens is 420 g/mol. The Bertz CT molecular complexity index is 1640. The van der Waals surface area contributed by atoms with Crippen molar-refractivity contribution in [2.24, 2.45) is 0 Å². The van der Waals surface area contributed by atoms with E-state index in [2.05, 4.69) is 66.7 Å². The first-order valence-corrected chi connectivity index (χ1v) is 12.1. The normalized spacial score (nSPS) is 13.0. The van der Waals surface area contributed by atoms with E-state index in [-0.39, 0.29) is 12.1 Å². The highest BCUT2D eigenvalue weighted by atomic mass is 32.1. The molecule has 0 spiro atoms. The second-order valence-electron chi connectivity index (χ2n) is 8.00. The molecule has 0 fully saturated rings. The molecule has 1 atom stereocenters. The third kappa shape index (κ3) is 3.01. The van der Waals surface area contributed by atoms with Gasteiger partial charge in [0.05, 0.1) is 9.40 Å². The number of thiophene rings is 2. The maximum Gasteiger partial charge on any atom is 0.306 e. The average molecular weight is 441 g/mol. The van der Waals surface area contributed by atoms with E-state index in [1.807, 2.05) is 36.5 Å². The summed E-state index contributed by atoms with van der Waals surface area (Å²) in [5.41, 5.74) is 1.03. The number of esters is 1. The van der Waals surface area contributed by atoms with Gasteiger partial charge in [-0.1, -0.05) is 43.3 Å². The number of hydrogen-bond donors (Lipinski definition) is 0. The van der Waals surface area contributed by atoms with Gasteiger partial charge in [0.25, 0.3) is 0 Å². The summed E-state index contributed by atoms with van der Waals surface area (Å²) in [6.45, 7) is 3.76. The van der Waals surface area contributed by atoms with Crippen molar-refractivity contribution in [3.8, 4) is 0 Å². The van der Waals surface area contributed by atoms with Crippen LogP contribution in [0.1, 0.15) is 31.9 Å². The fourth-order valence-corrected chi connectivity index (χ4v) is 7.00. The van der Waals surface area contributed by atoms with Crippen LogP contribution in [0.5, 0.6) is 0 Å². The van der Waals surface area contributed by atoms with Gasteiger partial charge in [-0.2, -0.15) is 0 Å². The molecule has 0 saturated carbocycles. The minimum absolute atomic E-state index is 0.166. The van der Waals surface area contributed by atoms with Crippen LogP contribution in [-0.4, -0.2) is 5.97 Å². The lowest BCUT2D eigenvalue weighted by atomic mass is 10.0. The predicted octanol–water partition coefficient (Wildman–Crippen LogP) is 8.59. The van der Waals surface area contributed by atoms with Crippen LogP contribution >= 0.6 is 22.7 Å². The Hall–Kier alpha value is -2.95. The third-order valence-electron chi connectivity index (χ3n) is 6.00. The van der Waals surface area contributed by atoms with Gasteiger partial charge in [0.15, 0.2) is 0 Å². The molecule has 152 valence electrons. The Kier molecular flexibility index (Phi) is 4.27. The number of rotatable bonds is 3. The van der Waals surface area contributed by atoms with Crippen molar-refractivity contribution in [1.82, 2.24) is 0 Å². The number of carbonyl (C=O) groups excluding carboxylic acids is 1. The zero-order valence-corrected chi connectivity index (χ0v) is 18.9. The predicted molar refractivity (Wildman–Crippen MR) is 135 cm³/mol. The molecule has 6 aromatic rings. The average Bonchev–Trinajstić information content (AvgIpc) is 3.30. The Morgan fingerprint density at radius 2 is 1.39 bits per heavy atom. The second-order valence-corrected chi connectivity index (χ2v) is 10.1. The van der Waals surface area contributed by atoms with Crippen LogP contribution in [0.25, 0.3) is 51.1 Å². The molecule has 0 N–H and O–H groups in total. The van der Waals surface area contributed by atoms with Gasteiger partial charge in [-0.15, -0.1) is 22.7 Å². The van der Waals surface area contributed by atoms with Gasteiger partial charge in [-0.05, 0) is 64.4 Å². The van der Waals surface area contributed by atoms with Gasteiger partial charge in [0, 0.05) is 26.6 Å². The highest BCUT2D eigenvalue weighted by Gasteiger charge is 2.15. The largest absolute Gasteiger partial charge is 0.458 e. The SMILES string of the molecule is CCC(=O)OC(C)c1ccc2cc3c(cc2c1)sc1c2cc4ccccc4cc2sc31. The Balaban J connectivity index is 1.53. The first kappa shape index (κ1) is 18.8. The fourth-order valence-electron chi connectivity index (χ4n) is 4.31. The zero-order chi connectivity index (χ0) is 21.1. The molecular formula is C27H20O2S2. The zero-order valence-electron chi connectivity index (χ0n) is 17.3.